The van der Waals surface area contributed by atoms with Crippen LogP contribution in [0.15, 0.2) is 36.5 Å². The molecule has 4 nitrogen and oxygen atoms in total. The Hall–Kier alpha value is -1.49. The topological polar surface area (TPSA) is 51.4 Å². The second-order valence-corrected chi connectivity index (χ2v) is 5.53. The Balaban J connectivity index is 2.32. The molecular formula is C17H25N3O. The Morgan fingerprint density at radius 1 is 1.29 bits per heavy atom. The van der Waals surface area contributed by atoms with Crippen molar-refractivity contribution in [3.63, 3.8) is 0 Å². The lowest BCUT2D eigenvalue weighted by Crippen LogP contribution is -2.40. The van der Waals surface area contributed by atoms with Gasteiger partial charge in [0.1, 0.15) is 0 Å². The fourth-order valence-electron chi connectivity index (χ4n) is 2.73. The quantitative estimate of drug-likeness (QED) is 0.850. The number of nitrogens with zero attached hydrogens (tertiary/aromatic N) is 2. The van der Waals surface area contributed by atoms with Crippen LogP contribution >= 0.6 is 0 Å². The molecule has 2 aromatic rings. The molecule has 4 heteroatoms. The highest BCUT2D eigenvalue weighted by molar-refractivity contribution is 5.79. The predicted molar refractivity (Wildman–Crippen MR) is 87.3 cm³/mol. The number of hydrogen-bond donors (Lipinski definition) is 1. The molecule has 0 spiro atoms. The highest BCUT2D eigenvalue weighted by Gasteiger charge is 2.21. The number of rotatable bonds is 7. The summed E-state index contributed by atoms with van der Waals surface area (Å²) in [4.78, 5) is 6.76. The third-order valence-electron chi connectivity index (χ3n) is 3.85. The molecule has 1 atom stereocenters. The van der Waals surface area contributed by atoms with Gasteiger partial charge in [-0.2, -0.15) is 0 Å². The van der Waals surface area contributed by atoms with Crippen LogP contribution in [0.2, 0.25) is 0 Å². The van der Waals surface area contributed by atoms with Gasteiger partial charge in [0.05, 0.1) is 12.1 Å². The summed E-state index contributed by atoms with van der Waals surface area (Å²) in [6.07, 6.45) is 1.82. The maximum absolute atomic E-state index is 6.06. The number of aromatic nitrogens is 1. The van der Waals surface area contributed by atoms with Gasteiger partial charge in [-0.3, -0.25) is 9.88 Å². The second kappa shape index (κ2) is 7.50. The molecule has 0 amide bonds. The van der Waals surface area contributed by atoms with E-state index >= 15 is 0 Å². The Bertz CT molecular complexity index is 571. The van der Waals surface area contributed by atoms with Crippen molar-refractivity contribution in [1.29, 1.82) is 0 Å². The number of ether oxygens (including phenoxy) is 1. The minimum Gasteiger partial charge on any atom is -0.383 e. The van der Waals surface area contributed by atoms with E-state index in [-0.39, 0.29) is 6.04 Å². The molecule has 0 aliphatic heterocycles. The van der Waals surface area contributed by atoms with Gasteiger partial charge in [0.25, 0.3) is 0 Å². The molecule has 114 valence electrons. The molecule has 1 heterocycles. The molecule has 0 radical (unpaired) electrons. The van der Waals surface area contributed by atoms with Gasteiger partial charge in [0.2, 0.25) is 0 Å². The van der Waals surface area contributed by atoms with E-state index in [1.807, 2.05) is 12.3 Å². The fourth-order valence-corrected chi connectivity index (χ4v) is 2.73. The first-order valence-electron chi connectivity index (χ1n) is 7.46. The Morgan fingerprint density at radius 3 is 2.76 bits per heavy atom. The zero-order valence-corrected chi connectivity index (χ0v) is 13.1. The largest absolute Gasteiger partial charge is 0.383 e. The molecule has 0 bridgehead atoms. The first kappa shape index (κ1) is 15.9. The molecule has 1 aromatic carbocycles. The van der Waals surface area contributed by atoms with Gasteiger partial charge in [0, 0.05) is 43.9 Å². The van der Waals surface area contributed by atoms with E-state index in [4.69, 9.17) is 10.5 Å². The van der Waals surface area contributed by atoms with Gasteiger partial charge in [-0.1, -0.05) is 12.1 Å². The van der Waals surface area contributed by atoms with Crippen molar-refractivity contribution in [2.75, 3.05) is 26.8 Å². The number of methoxy groups -OCH3 is 1. The van der Waals surface area contributed by atoms with Gasteiger partial charge >= 0.3 is 0 Å². The number of nitrogens with two attached hydrogens (primary N) is 1. The van der Waals surface area contributed by atoms with Gasteiger partial charge < -0.3 is 10.5 Å². The lowest BCUT2D eigenvalue weighted by Gasteiger charge is -2.34. The average molecular weight is 287 g/mol. The maximum Gasteiger partial charge on any atom is 0.0702 e. The van der Waals surface area contributed by atoms with Gasteiger partial charge in [-0.25, -0.2) is 0 Å². The van der Waals surface area contributed by atoms with E-state index in [0.717, 1.165) is 17.4 Å². The van der Waals surface area contributed by atoms with E-state index in [1.54, 1.807) is 7.11 Å². The lowest BCUT2D eigenvalue weighted by molar-refractivity contribution is 0.0980. The summed E-state index contributed by atoms with van der Waals surface area (Å²) in [6, 6.07) is 11.1. The van der Waals surface area contributed by atoms with Crippen molar-refractivity contribution < 1.29 is 4.74 Å². The smallest absolute Gasteiger partial charge is 0.0702 e. The highest BCUT2D eigenvalue weighted by atomic mass is 16.5. The van der Waals surface area contributed by atoms with Gasteiger partial charge in [0.15, 0.2) is 0 Å². The monoisotopic (exact) mass is 287 g/mol. The predicted octanol–water partition coefficient (Wildman–Crippen LogP) is 2.59. The van der Waals surface area contributed by atoms with Crippen molar-refractivity contribution in [2.24, 2.45) is 5.73 Å². The van der Waals surface area contributed by atoms with Crippen LogP contribution in [0.4, 0.5) is 0 Å². The molecule has 2 rings (SSSR count). The first-order chi connectivity index (χ1) is 10.2. The molecule has 0 saturated heterocycles. The number of benzene rings is 1. The van der Waals surface area contributed by atoms with Crippen molar-refractivity contribution in [3.05, 3.63) is 42.1 Å². The summed E-state index contributed by atoms with van der Waals surface area (Å²) in [5, 5.41) is 1.16. The van der Waals surface area contributed by atoms with Crippen LogP contribution in [0.3, 0.4) is 0 Å². The first-order valence-corrected chi connectivity index (χ1v) is 7.46. The zero-order valence-electron chi connectivity index (χ0n) is 13.1. The highest BCUT2D eigenvalue weighted by Crippen LogP contribution is 2.24. The van der Waals surface area contributed by atoms with Crippen molar-refractivity contribution in [3.8, 4) is 0 Å². The maximum atomic E-state index is 6.06. The van der Waals surface area contributed by atoms with Crippen molar-refractivity contribution >= 4 is 10.9 Å². The molecule has 0 aliphatic rings. The average Bonchev–Trinajstić information content (AvgIpc) is 2.50. The van der Waals surface area contributed by atoms with Crippen LogP contribution < -0.4 is 5.73 Å². The van der Waals surface area contributed by atoms with Gasteiger partial charge in [-0.15, -0.1) is 0 Å². The molecule has 21 heavy (non-hydrogen) atoms. The summed E-state index contributed by atoms with van der Waals surface area (Å²) >= 11 is 0. The van der Waals surface area contributed by atoms with Crippen molar-refractivity contribution in [2.45, 2.75) is 25.9 Å². The normalized spacial score (nSPS) is 13.2. The standard InChI is InChI=1S/C17H25N3O/c1-13(2)20(9-10-21-3)17(12-18)15-6-7-16-14(11-15)5-4-8-19-16/h4-8,11,13,17H,9-10,12,18H2,1-3H3. The van der Waals surface area contributed by atoms with E-state index < -0.39 is 0 Å². The Kier molecular flexibility index (Phi) is 5.67. The number of fused-ring (bicyclic) bond motifs is 1. The second-order valence-electron chi connectivity index (χ2n) is 5.53. The molecule has 2 N–H and O–H groups in total. The van der Waals surface area contributed by atoms with E-state index in [9.17, 15) is 0 Å². The van der Waals surface area contributed by atoms with Crippen LogP contribution in [0.25, 0.3) is 10.9 Å². The van der Waals surface area contributed by atoms with Gasteiger partial charge in [-0.05, 0) is 37.6 Å². The minimum absolute atomic E-state index is 0.199. The Morgan fingerprint density at radius 2 is 2.10 bits per heavy atom. The fraction of sp³-hybridized carbons (Fsp3) is 0.471. The summed E-state index contributed by atoms with van der Waals surface area (Å²) < 4.78 is 5.23. The Labute approximate surface area is 126 Å². The summed E-state index contributed by atoms with van der Waals surface area (Å²) in [6.45, 7) is 6.57. The van der Waals surface area contributed by atoms with Crippen LogP contribution in [0, 0.1) is 0 Å². The SMILES string of the molecule is COCCN(C(C)C)C(CN)c1ccc2ncccc2c1. The molecule has 0 saturated carbocycles. The summed E-state index contributed by atoms with van der Waals surface area (Å²) in [5.74, 6) is 0. The summed E-state index contributed by atoms with van der Waals surface area (Å²) in [5.41, 5.74) is 8.32. The van der Waals surface area contributed by atoms with E-state index in [0.29, 0.717) is 19.2 Å². The van der Waals surface area contributed by atoms with Crippen molar-refractivity contribution in [1.82, 2.24) is 9.88 Å². The third-order valence-corrected chi connectivity index (χ3v) is 3.85. The molecule has 0 fully saturated rings. The minimum atomic E-state index is 0.199. The third kappa shape index (κ3) is 3.79. The van der Waals surface area contributed by atoms with E-state index in [2.05, 4.69) is 48.0 Å². The summed E-state index contributed by atoms with van der Waals surface area (Å²) in [7, 11) is 1.73. The zero-order chi connectivity index (χ0) is 15.2. The van der Waals surface area contributed by atoms with Crippen LogP contribution in [-0.4, -0.2) is 42.7 Å². The van der Waals surface area contributed by atoms with Crippen LogP contribution in [0.5, 0.6) is 0 Å². The lowest BCUT2D eigenvalue weighted by atomic mass is 10.0. The molecular weight excluding hydrogens is 262 g/mol. The van der Waals surface area contributed by atoms with Crippen LogP contribution in [-0.2, 0) is 4.74 Å². The van der Waals surface area contributed by atoms with E-state index in [1.165, 1.54) is 5.56 Å². The number of hydrogen-bond acceptors (Lipinski definition) is 4. The molecule has 1 unspecified atom stereocenters. The molecule has 0 aliphatic carbocycles. The number of pyridine rings is 1. The molecule has 1 aromatic heterocycles. The van der Waals surface area contributed by atoms with Crippen LogP contribution in [0.1, 0.15) is 25.5 Å².